The minimum atomic E-state index is -4.32. The molecule has 1 saturated heterocycles. The van der Waals surface area contributed by atoms with E-state index < -0.39 is 11.7 Å². The summed E-state index contributed by atoms with van der Waals surface area (Å²) in [6.07, 6.45) is -2.65. The summed E-state index contributed by atoms with van der Waals surface area (Å²) >= 11 is 0. The van der Waals surface area contributed by atoms with Gasteiger partial charge >= 0.3 is 6.18 Å². The first-order valence-corrected chi connectivity index (χ1v) is 9.13. The number of halogens is 3. The molecular formula is C21H20F3N3O. The zero-order chi connectivity index (χ0) is 19.6. The smallest absolute Gasteiger partial charge is 0.416 e. The lowest BCUT2D eigenvalue weighted by Gasteiger charge is -2.36. The number of anilines is 1. The molecule has 0 saturated carbocycles. The van der Waals surface area contributed by atoms with Crippen molar-refractivity contribution in [2.45, 2.75) is 12.7 Å². The molecule has 4 nitrogen and oxygen atoms in total. The molecule has 3 aromatic rings. The van der Waals surface area contributed by atoms with Gasteiger partial charge in [0.15, 0.2) is 0 Å². The van der Waals surface area contributed by atoms with Crippen molar-refractivity contribution in [3.63, 3.8) is 0 Å². The fourth-order valence-corrected chi connectivity index (χ4v) is 3.37. The van der Waals surface area contributed by atoms with Crippen LogP contribution in [0.5, 0.6) is 0 Å². The first-order valence-electron chi connectivity index (χ1n) is 9.13. The van der Waals surface area contributed by atoms with Crippen molar-refractivity contribution >= 4 is 5.69 Å². The lowest BCUT2D eigenvalue weighted by molar-refractivity contribution is -0.137. The van der Waals surface area contributed by atoms with E-state index >= 15 is 0 Å². The fraction of sp³-hybridized carbons (Fsp3) is 0.286. The van der Waals surface area contributed by atoms with Crippen molar-refractivity contribution in [2.24, 2.45) is 0 Å². The topological polar surface area (TPSA) is 32.5 Å². The molecule has 1 fully saturated rings. The Kier molecular flexibility index (Phi) is 5.09. The van der Waals surface area contributed by atoms with Gasteiger partial charge in [-0.25, -0.2) is 4.98 Å². The highest BCUT2D eigenvalue weighted by molar-refractivity contribution is 5.52. The molecule has 2 heterocycles. The number of nitrogens with zero attached hydrogens (tertiary/aromatic N) is 3. The minimum Gasteiger partial charge on any atom is -0.444 e. The number of hydrogen-bond donors (Lipinski definition) is 0. The molecule has 7 heteroatoms. The van der Waals surface area contributed by atoms with E-state index in [4.69, 9.17) is 4.42 Å². The third kappa shape index (κ3) is 4.20. The molecule has 0 unspecified atom stereocenters. The highest BCUT2D eigenvalue weighted by atomic mass is 19.4. The molecule has 4 rings (SSSR count). The number of alkyl halides is 3. The van der Waals surface area contributed by atoms with Crippen LogP contribution in [0.2, 0.25) is 0 Å². The molecule has 28 heavy (non-hydrogen) atoms. The first kappa shape index (κ1) is 18.6. The zero-order valence-corrected chi connectivity index (χ0v) is 15.2. The number of hydrogen-bond acceptors (Lipinski definition) is 4. The van der Waals surface area contributed by atoms with E-state index in [9.17, 15) is 13.2 Å². The van der Waals surface area contributed by atoms with Gasteiger partial charge in [-0.2, -0.15) is 13.2 Å². The second kappa shape index (κ2) is 7.67. The van der Waals surface area contributed by atoms with Gasteiger partial charge in [0.1, 0.15) is 6.26 Å². The maximum absolute atomic E-state index is 12.9. The summed E-state index contributed by atoms with van der Waals surface area (Å²) in [6.45, 7) is 3.51. The van der Waals surface area contributed by atoms with Crippen LogP contribution in [0, 0.1) is 0 Å². The predicted molar refractivity (Wildman–Crippen MR) is 101 cm³/mol. The average molecular weight is 387 g/mol. The Hall–Kier alpha value is -2.80. The normalized spacial score (nSPS) is 15.8. The van der Waals surface area contributed by atoms with Crippen LogP contribution in [-0.4, -0.2) is 36.1 Å². The second-order valence-corrected chi connectivity index (χ2v) is 6.82. The average Bonchev–Trinajstić information content (AvgIpc) is 3.17. The molecule has 0 aliphatic carbocycles. The number of rotatable bonds is 4. The molecule has 1 aliphatic heterocycles. The Morgan fingerprint density at radius 2 is 1.68 bits per heavy atom. The zero-order valence-electron chi connectivity index (χ0n) is 15.2. The van der Waals surface area contributed by atoms with Crippen LogP contribution in [0.4, 0.5) is 18.9 Å². The first-order chi connectivity index (χ1) is 13.5. The molecule has 0 N–H and O–H groups in total. The Bertz CT molecular complexity index is 916. The molecule has 0 bridgehead atoms. The number of oxazole rings is 1. The third-order valence-corrected chi connectivity index (χ3v) is 4.87. The van der Waals surface area contributed by atoms with Crippen molar-refractivity contribution in [1.82, 2.24) is 9.88 Å². The largest absolute Gasteiger partial charge is 0.444 e. The van der Waals surface area contributed by atoms with Crippen molar-refractivity contribution in [3.05, 3.63) is 72.1 Å². The van der Waals surface area contributed by atoms with Gasteiger partial charge < -0.3 is 9.32 Å². The Morgan fingerprint density at radius 3 is 2.39 bits per heavy atom. The SMILES string of the molecule is FC(F)(F)c1cccc(N2CCN(Cc3coc(-c4ccccc4)n3)CC2)c1. The van der Waals surface area contributed by atoms with E-state index in [2.05, 4.69) is 9.88 Å². The number of aromatic nitrogens is 1. The number of piperazine rings is 1. The van der Waals surface area contributed by atoms with Crippen LogP contribution in [0.25, 0.3) is 11.5 Å². The summed E-state index contributed by atoms with van der Waals surface area (Å²) in [5.74, 6) is 0.596. The Balaban J connectivity index is 1.36. The highest BCUT2D eigenvalue weighted by Gasteiger charge is 2.31. The van der Waals surface area contributed by atoms with Crippen LogP contribution < -0.4 is 4.90 Å². The second-order valence-electron chi connectivity index (χ2n) is 6.82. The van der Waals surface area contributed by atoms with Crippen LogP contribution in [0.1, 0.15) is 11.3 Å². The van der Waals surface area contributed by atoms with Gasteiger partial charge in [0.05, 0.1) is 11.3 Å². The van der Waals surface area contributed by atoms with E-state index in [1.54, 1.807) is 12.3 Å². The molecule has 2 aromatic carbocycles. The van der Waals surface area contributed by atoms with Gasteiger partial charge in [0, 0.05) is 44.0 Å². The summed E-state index contributed by atoms with van der Waals surface area (Å²) in [7, 11) is 0. The van der Waals surface area contributed by atoms with Crippen molar-refractivity contribution in [2.75, 3.05) is 31.1 Å². The summed E-state index contributed by atoms with van der Waals surface area (Å²) in [6, 6.07) is 15.2. The number of benzene rings is 2. The summed E-state index contributed by atoms with van der Waals surface area (Å²) in [4.78, 5) is 8.77. The fourth-order valence-electron chi connectivity index (χ4n) is 3.37. The van der Waals surface area contributed by atoms with Crippen molar-refractivity contribution < 1.29 is 17.6 Å². The summed E-state index contributed by atoms with van der Waals surface area (Å²) in [5.41, 5.74) is 1.79. The third-order valence-electron chi connectivity index (χ3n) is 4.87. The van der Waals surface area contributed by atoms with Crippen LogP contribution in [0.3, 0.4) is 0 Å². The van der Waals surface area contributed by atoms with Gasteiger partial charge in [0.2, 0.25) is 5.89 Å². The molecule has 146 valence electrons. The predicted octanol–water partition coefficient (Wildman–Crippen LogP) is 4.68. The van der Waals surface area contributed by atoms with Gasteiger partial charge in [-0.15, -0.1) is 0 Å². The minimum absolute atomic E-state index is 0.596. The summed E-state index contributed by atoms with van der Waals surface area (Å²) in [5, 5.41) is 0. The molecule has 0 atom stereocenters. The van der Waals surface area contributed by atoms with Gasteiger partial charge in [-0.05, 0) is 30.3 Å². The molecule has 0 spiro atoms. The van der Waals surface area contributed by atoms with Crippen LogP contribution in [0.15, 0.2) is 65.3 Å². The Labute approximate surface area is 161 Å². The summed E-state index contributed by atoms with van der Waals surface area (Å²) < 4.78 is 44.3. The molecule has 1 aromatic heterocycles. The van der Waals surface area contributed by atoms with Gasteiger partial charge in [0.25, 0.3) is 0 Å². The molecular weight excluding hydrogens is 367 g/mol. The maximum atomic E-state index is 12.9. The van der Waals surface area contributed by atoms with E-state index in [0.29, 0.717) is 31.2 Å². The molecule has 0 amide bonds. The van der Waals surface area contributed by atoms with E-state index in [0.717, 1.165) is 30.4 Å². The van der Waals surface area contributed by atoms with Crippen LogP contribution >= 0.6 is 0 Å². The lowest BCUT2D eigenvalue weighted by Crippen LogP contribution is -2.46. The van der Waals surface area contributed by atoms with Crippen LogP contribution in [-0.2, 0) is 12.7 Å². The van der Waals surface area contributed by atoms with E-state index in [1.165, 1.54) is 12.1 Å². The van der Waals surface area contributed by atoms with Gasteiger partial charge in [-0.3, -0.25) is 4.90 Å². The quantitative estimate of drug-likeness (QED) is 0.651. The van der Waals surface area contributed by atoms with Crippen molar-refractivity contribution in [1.29, 1.82) is 0 Å². The maximum Gasteiger partial charge on any atom is 0.416 e. The van der Waals surface area contributed by atoms with Crippen molar-refractivity contribution in [3.8, 4) is 11.5 Å². The standard InChI is InChI=1S/C21H20F3N3O/c22-21(23,24)17-7-4-8-19(13-17)27-11-9-26(10-12-27)14-18-15-28-20(25-18)16-5-2-1-3-6-16/h1-8,13,15H,9-12,14H2. The lowest BCUT2D eigenvalue weighted by atomic mass is 10.1. The van der Waals surface area contributed by atoms with E-state index in [1.807, 2.05) is 35.2 Å². The highest BCUT2D eigenvalue weighted by Crippen LogP contribution is 2.32. The molecule has 1 aliphatic rings. The molecule has 0 radical (unpaired) electrons. The Morgan fingerprint density at radius 1 is 0.929 bits per heavy atom. The monoisotopic (exact) mass is 387 g/mol. The van der Waals surface area contributed by atoms with Gasteiger partial charge in [-0.1, -0.05) is 24.3 Å². The van der Waals surface area contributed by atoms with E-state index in [-0.39, 0.29) is 0 Å².